The fourth-order valence-corrected chi connectivity index (χ4v) is 2.89. The van der Waals surface area contributed by atoms with Crippen molar-refractivity contribution in [2.45, 2.75) is 44.8 Å². The second-order valence-electron chi connectivity index (χ2n) is 4.13. The summed E-state index contributed by atoms with van der Waals surface area (Å²) in [6, 6.07) is 0. The van der Waals surface area contributed by atoms with Crippen molar-refractivity contribution >= 4 is 17.7 Å². The Morgan fingerprint density at radius 2 is 2.25 bits per heavy atom. The van der Waals surface area contributed by atoms with Crippen LogP contribution in [-0.2, 0) is 0 Å². The molecule has 1 heterocycles. The van der Waals surface area contributed by atoms with E-state index in [1.165, 1.54) is 31.4 Å². The summed E-state index contributed by atoms with van der Waals surface area (Å²) in [6.07, 6.45) is 5.14. The lowest BCUT2D eigenvalue weighted by Crippen LogP contribution is -2.38. The molecular formula is C12H25N3S. The van der Waals surface area contributed by atoms with Gasteiger partial charge in [0.25, 0.3) is 0 Å². The Morgan fingerprint density at radius 3 is 2.88 bits per heavy atom. The number of hydrogen-bond acceptors (Lipinski definition) is 2. The molecule has 1 rings (SSSR count). The molecule has 0 aliphatic carbocycles. The molecule has 1 unspecified atom stereocenters. The maximum Gasteiger partial charge on any atom is 0.191 e. The first-order chi connectivity index (χ1) is 7.86. The Labute approximate surface area is 104 Å². The molecule has 1 aliphatic heterocycles. The Hall–Kier alpha value is -0.380. The molecule has 1 atom stereocenters. The number of nitrogens with one attached hydrogen (secondary N) is 2. The summed E-state index contributed by atoms with van der Waals surface area (Å²) in [4.78, 5) is 4.64. The van der Waals surface area contributed by atoms with Gasteiger partial charge in [0.15, 0.2) is 5.96 Å². The van der Waals surface area contributed by atoms with Crippen LogP contribution in [0.15, 0.2) is 4.99 Å². The summed E-state index contributed by atoms with van der Waals surface area (Å²) in [6.45, 7) is 7.25. The first-order valence-electron chi connectivity index (χ1n) is 6.50. The van der Waals surface area contributed by atoms with E-state index >= 15 is 0 Å². The van der Waals surface area contributed by atoms with Crippen LogP contribution >= 0.6 is 11.8 Å². The van der Waals surface area contributed by atoms with Gasteiger partial charge in [-0.3, -0.25) is 4.99 Å². The van der Waals surface area contributed by atoms with E-state index in [4.69, 9.17) is 0 Å². The molecule has 2 N–H and O–H groups in total. The molecule has 4 heteroatoms. The maximum absolute atomic E-state index is 4.64. The highest BCUT2D eigenvalue weighted by molar-refractivity contribution is 8.00. The molecule has 0 saturated carbocycles. The minimum Gasteiger partial charge on any atom is -0.357 e. The van der Waals surface area contributed by atoms with Gasteiger partial charge in [-0.15, -0.1) is 0 Å². The SMILES string of the molecule is CCCCNC(=NCC1CCCS1)NCC. The summed E-state index contributed by atoms with van der Waals surface area (Å²) in [5.74, 6) is 2.31. The van der Waals surface area contributed by atoms with Gasteiger partial charge in [-0.25, -0.2) is 0 Å². The van der Waals surface area contributed by atoms with Crippen molar-refractivity contribution in [1.29, 1.82) is 0 Å². The van der Waals surface area contributed by atoms with Gasteiger partial charge in [-0.1, -0.05) is 13.3 Å². The highest BCUT2D eigenvalue weighted by Gasteiger charge is 2.14. The summed E-state index contributed by atoms with van der Waals surface area (Å²) >= 11 is 2.07. The third-order valence-corrected chi connectivity index (χ3v) is 4.02. The normalized spacial score (nSPS) is 21.1. The summed E-state index contributed by atoms with van der Waals surface area (Å²) < 4.78 is 0. The molecule has 0 amide bonds. The molecule has 0 bridgehead atoms. The van der Waals surface area contributed by atoms with Gasteiger partial charge in [0.1, 0.15) is 0 Å². The van der Waals surface area contributed by atoms with E-state index in [-0.39, 0.29) is 0 Å². The molecule has 0 aromatic carbocycles. The molecule has 3 nitrogen and oxygen atoms in total. The Bertz CT molecular complexity index is 200. The van der Waals surface area contributed by atoms with Crippen molar-refractivity contribution in [3.8, 4) is 0 Å². The van der Waals surface area contributed by atoms with E-state index in [1.54, 1.807) is 0 Å². The zero-order chi connectivity index (χ0) is 11.6. The minimum atomic E-state index is 0.752. The predicted molar refractivity (Wildman–Crippen MR) is 74.4 cm³/mol. The van der Waals surface area contributed by atoms with E-state index in [2.05, 4.69) is 41.2 Å². The number of thioether (sulfide) groups is 1. The van der Waals surface area contributed by atoms with Gasteiger partial charge in [0, 0.05) is 18.3 Å². The molecule has 1 saturated heterocycles. The van der Waals surface area contributed by atoms with Crippen LogP contribution in [0.5, 0.6) is 0 Å². The number of nitrogens with zero attached hydrogens (tertiary/aromatic N) is 1. The first kappa shape index (κ1) is 13.7. The Morgan fingerprint density at radius 1 is 1.38 bits per heavy atom. The Balaban J connectivity index is 2.25. The smallest absolute Gasteiger partial charge is 0.191 e. The van der Waals surface area contributed by atoms with Crippen LogP contribution in [0.1, 0.15) is 39.5 Å². The molecule has 0 radical (unpaired) electrons. The van der Waals surface area contributed by atoms with Crippen molar-refractivity contribution in [2.75, 3.05) is 25.4 Å². The number of guanidine groups is 1. The van der Waals surface area contributed by atoms with Crippen LogP contribution in [0.3, 0.4) is 0 Å². The predicted octanol–water partition coefficient (Wildman–Crippen LogP) is 2.24. The highest BCUT2D eigenvalue weighted by Crippen LogP contribution is 2.25. The highest BCUT2D eigenvalue weighted by atomic mass is 32.2. The quantitative estimate of drug-likeness (QED) is 0.427. The molecule has 0 aromatic heterocycles. The zero-order valence-electron chi connectivity index (χ0n) is 10.6. The zero-order valence-corrected chi connectivity index (χ0v) is 11.4. The van der Waals surface area contributed by atoms with E-state index in [0.717, 1.165) is 30.8 Å². The van der Waals surface area contributed by atoms with E-state index < -0.39 is 0 Å². The van der Waals surface area contributed by atoms with Gasteiger partial charge in [0.2, 0.25) is 0 Å². The summed E-state index contributed by atoms with van der Waals surface area (Å²) in [5.41, 5.74) is 0. The van der Waals surface area contributed by atoms with Crippen LogP contribution in [0.4, 0.5) is 0 Å². The van der Waals surface area contributed by atoms with E-state index in [0.29, 0.717) is 0 Å². The number of aliphatic imine (C=N–C) groups is 1. The van der Waals surface area contributed by atoms with E-state index in [9.17, 15) is 0 Å². The van der Waals surface area contributed by atoms with Crippen molar-refractivity contribution in [2.24, 2.45) is 4.99 Å². The molecule has 1 aliphatic rings. The molecular weight excluding hydrogens is 218 g/mol. The third kappa shape index (κ3) is 5.64. The fraction of sp³-hybridized carbons (Fsp3) is 0.917. The number of unbranched alkanes of at least 4 members (excludes halogenated alkanes) is 1. The third-order valence-electron chi connectivity index (χ3n) is 2.64. The molecule has 0 aromatic rings. The molecule has 16 heavy (non-hydrogen) atoms. The lowest BCUT2D eigenvalue weighted by molar-refractivity contribution is 0.723. The van der Waals surface area contributed by atoms with Gasteiger partial charge in [-0.05, 0) is 31.9 Å². The van der Waals surface area contributed by atoms with Gasteiger partial charge in [-0.2, -0.15) is 11.8 Å². The minimum absolute atomic E-state index is 0.752. The molecule has 1 fully saturated rings. The van der Waals surface area contributed by atoms with Crippen LogP contribution < -0.4 is 10.6 Å². The Kier molecular flexibility index (Phi) is 7.47. The average molecular weight is 243 g/mol. The van der Waals surface area contributed by atoms with Gasteiger partial charge < -0.3 is 10.6 Å². The monoisotopic (exact) mass is 243 g/mol. The lowest BCUT2D eigenvalue weighted by atomic mass is 10.2. The lowest BCUT2D eigenvalue weighted by Gasteiger charge is -2.12. The van der Waals surface area contributed by atoms with Crippen LogP contribution in [0.2, 0.25) is 0 Å². The maximum atomic E-state index is 4.64. The largest absolute Gasteiger partial charge is 0.357 e. The van der Waals surface area contributed by atoms with Crippen LogP contribution in [0.25, 0.3) is 0 Å². The van der Waals surface area contributed by atoms with Crippen LogP contribution in [0, 0.1) is 0 Å². The number of rotatable bonds is 6. The first-order valence-corrected chi connectivity index (χ1v) is 7.55. The molecule has 94 valence electrons. The van der Waals surface area contributed by atoms with Gasteiger partial charge >= 0.3 is 0 Å². The number of hydrogen-bond donors (Lipinski definition) is 2. The second kappa shape index (κ2) is 8.74. The van der Waals surface area contributed by atoms with E-state index in [1.807, 2.05) is 0 Å². The standard InChI is InChI=1S/C12H25N3S/c1-3-5-8-14-12(13-4-2)15-10-11-7-6-9-16-11/h11H,3-10H2,1-2H3,(H2,13,14,15). The van der Waals surface area contributed by atoms with Crippen molar-refractivity contribution in [3.05, 3.63) is 0 Å². The van der Waals surface area contributed by atoms with Crippen molar-refractivity contribution in [1.82, 2.24) is 10.6 Å². The van der Waals surface area contributed by atoms with Crippen LogP contribution in [-0.4, -0.2) is 36.6 Å². The van der Waals surface area contributed by atoms with Gasteiger partial charge in [0.05, 0.1) is 6.54 Å². The topological polar surface area (TPSA) is 36.4 Å². The fourth-order valence-electron chi connectivity index (χ4n) is 1.71. The second-order valence-corrected chi connectivity index (χ2v) is 5.54. The summed E-state index contributed by atoms with van der Waals surface area (Å²) in [5, 5.41) is 7.42. The van der Waals surface area contributed by atoms with Crippen molar-refractivity contribution in [3.63, 3.8) is 0 Å². The summed E-state index contributed by atoms with van der Waals surface area (Å²) in [7, 11) is 0. The molecule has 0 spiro atoms. The van der Waals surface area contributed by atoms with Crippen molar-refractivity contribution < 1.29 is 0 Å². The average Bonchev–Trinajstić information content (AvgIpc) is 2.79.